The molecule has 0 unspecified atom stereocenters. The maximum atomic E-state index is 12.3. The lowest BCUT2D eigenvalue weighted by Gasteiger charge is -2.24. The zero-order chi connectivity index (χ0) is 16.3. The number of imidazole rings is 1. The number of nitrogens with zero attached hydrogens (tertiary/aromatic N) is 2. The molecule has 0 aliphatic carbocycles. The SMILES string of the molecule is CC(C)(CC(=O)NCc1ncc2ccccn12)c1ccccc1. The van der Waals surface area contributed by atoms with Crippen LogP contribution < -0.4 is 5.32 Å². The van der Waals surface area contributed by atoms with Crippen molar-refractivity contribution in [3.63, 3.8) is 0 Å². The highest BCUT2D eigenvalue weighted by Gasteiger charge is 2.24. The molecule has 0 bridgehead atoms. The van der Waals surface area contributed by atoms with Gasteiger partial charge in [0.2, 0.25) is 5.91 Å². The maximum Gasteiger partial charge on any atom is 0.221 e. The summed E-state index contributed by atoms with van der Waals surface area (Å²) in [4.78, 5) is 16.7. The van der Waals surface area contributed by atoms with Gasteiger partial charge in [0, 0.05) is 12.6 Å². The van der Waals surface area contributed by atoms with Gasteiger partial charge in [-0.25, -0.2) is 4.98 Å². The van der Waals surface area contributed by atoms with Crippen LogP contribution in [0.2, 0.25) is 0 Å². The first kappa shape index (κ1) is 15.3. The Balaban J connectivity index is 1.64. The van der Waals surface area contributed by atoms with Crippen molar-refractivity contribution < 1.29 is 4.79 Å². The molecule has 4 nitrogen and oxygen atoms in total. The molecule has 2 aromatic heterocycles. The molecule has 3 rings (SSSR count). The third kappa shape index (κ3) is 3.42. The summed E-state index contributed by atoms with van der Waals surface area (Å²) < 4.78 is 1.99. The largest absolute Gasteiger partial charge is 0.349 e. The van der Waals surface area contributed by atoms with Crippen molar-refractivity contribution >= 4 is 11.4 Å². The summed E-state index contributed by atoms with van der Waals surface area (Å²) in [5.41, 5.74) is 2.00. The van der Waals surface area contributed by atoms with Gasteiger partial charge in [0.25, 0.3) is 0 Å². The molecule has 0 aliphatic rings. The molecule has 1 amide bonds. The summed E-state index contributed by atoms with van der Waals surface area (Å²) in [6.07, 6.45) is 4.22. The molecule has 2 heterocycles. The van der Waals surface area contributed by atoms with Crippen LogP contribution in [0, 0.1) is 0 Å². The summed E-state index contributed by atoms with van der Waals surface area (Å²) in [6, 6.07) is 16.1. The normalized spacial score (nSPS) is 11.6. The molecular weight excluding hydrogens is 286 g/mol. The first-order valence-corrected chi connectivity index (χ1v) is 7.79. The van der Waals surface area contributed by atoms with Gasteiger partial charge >= 0.3 is 0 Å². The zero-order valence-electron chi connectivity index (χ0n) is 13.5. The summed E-state index contributed by atoms with van der Waals surface area (Å²) >= 11 is 0. The van der Waals surface area contributed by atoms with Crippen molar-refractivity contribution in [2.24, 2.45) is 0 Å². The number of carbonyl (C=O) groups is 1. The Morgan fingerprint density at radius 1 is 1.13 bits per heavy atom. The highest BCUT2D eigenvalue weighted by Crippen LogP contribution is 2.26. The van der Waals surface area contributed by atoms with Crippen molar-refractivity contribution in [2.75, 3.05) is 0 Å². The molecule has 4 heteroatoms. The lowest BCUT2D eigenvalue weighted by atomic mass is 9.81. The van der Waals surface area contributed by atoms with E-state index in [1.165, 1.54) is 5.56 Å². The number of aromatic nitrogens is 2. The first-order chi connectivity index (χ1) is 11.1. The van der Waals surface area contributed by atoms with E-state index in [2.05, 4.69) is 36.3 Å². The van der Waals surface area contributed by atoms with E-state index < -0.39 is 0 Å². The van der Waals surface area contributed by atoms with E-state index in [1.807, 2.05) is 53.2 Å². The van der Waals surface area contributed by atoms with Gasteiger partial charge in [-0.2, -0.15) is 0 Å². The lowest BCUT2D eigenvalue weighted by Crippen LogP contribution is -2.31. The molecule has 0 atom stereocenters. The smallest absolute Gasteiger partial charge is 0.221 e. The molecule has 0 saturated heterocycles. The number of carbonyl (C=O) groups excluding carboxylic acids is 1. The van der Waals surface area contributed by atoms with Gasteiger partial charge in [0.05, 0.1) is 18.3 Å². The van der Waals surface area contributed by atoms with Crippen LogP contribution in [-0.4, -0.2) is 15.3 Å². The van der Waals surface area contributed by atoms with Crippen molar-refractivity contribution in [2.45, 2.75) is 32.2 Å². The average molecular weight is 307 g/mol. The molecule has 0 fully saturated rings. The zero-order valence-corrected chi connectivity index (χ0v) is 13.5. The van der Waals surface area contributed by atoms with Crippen molar-refractivity contribution in [3.8, 4) is 0 Å². The number of pyridine rings is 1. The maximum absolute atomic E-state index is 12.3. The number of fused-ring (bicyclic) bond motifs is 1. The summed E-state index contributed by atoms with van der Waals surface area (Å²) in [5, 5.41) is 2.98. The van der Waals surface area contributed by atoms with Gasteiger partial charge in [-0.3, -0.25) is 4.79 Å². The number of hydrogen-bond donors (Lipinski definition) is 1. The third-order valence-corrected chi connectivity index (χ3v) is 4.12. The lowest BCUT2D eigenvalue weighted by molar-refractivity contribution is -0.122. The van der Waals surface area contributed by atoms with Gasteiger partial charge in [-0.1, -0.05) is 50.2 Å². The number of nitrogens with one attached hydrogen (secondary N) is 1. The second-order valence-electron chi connectivity index (χ2n) is 6.37. The van der Waals surface area contributed by atoms with E-state index in [0.29, 0.717) is 13.0 Å². The Labute approximate surface area is 136 Å². The van der Waals surface area contributed by atoms with E-state index in [0.717, 1.165) is 11.3 Å². The van der Waals surface area contributed by atoms with Crippen LogP contribution in [0.5, 0.6) is 0 Å². The fourth-order valence-electron chi connectivity index (χ4n) is 2.76. The van der Waals surface area contributed by atoms with Crippen LogP contribution in [-0.2, 0) is 16.8 Å². The Hall–Kier alpha value is -2.62. The summed E-state index contributed by atoms with van der Waals surface area (Å²) in [6.45, 7) is 4.61. The molecule has 118 valence electrons. The third-order valence-electron chi connectivity index (χ3n) is 4.12. The fourth-order valence-corrected chi connectivity index (χ4v) is 2.76. The van der Waals surface area contributed by atoms with E-state index in [1.54, 1.807) is 0 Å². The van der Waals surface area contributed by atoms with Crippen molar-refractivity contribution in [3.05, 3.63) is 72.3 Å². The first-order valence-electron chi connectivity index (χ1n) is 7.79. The number of benzene rings is 1. The minimum absolute atomic E-state index is 0.0338. The van der Waals surface area contributed by atoms with Gasteiger partial charge in [0.15, 0.2) is 0 Å². The minimum Gasteiger partial charge on any atom is -0.349 e. The Kier molecular flexibility index (Phi) is 4.15. The number of rotatable bonds is 5. The monoisotopic (exact) mass is 307 g/mol. The van der Waals surface area contributed by atoms with E-state index >= 15 is 0 Å². The van der Waals surface area contributed by atoms with E-state index in [4.69, 9.17) is 0 Å². The Morgan fingerprint density at radius 2 is 1.87 bits per heavy atom. The van der Waals surface area contributed by atoms with Gasteiger partial charge in [0.1, 0.15) is 5.82 Å². The molecule has 0 saturated carbocycles. The van der Waals surface area contributed by atoms with Crippen LogP contribution in [0.1, 0.15) is 31.7 Å². The number of hydrogen-bond acceptors (Lipinski definition) is 2. The van der Waals surface area contributed by atoms with Crippen LogP contribution in [0.3, 0.4) is 0 Å². The van der Waals surface area contributed by atoms with Crippen LogP contribution in [0.25, 0.3) is 5.52 Å². The molecular formula is C19H21N3O. The van der Waals surface area contributed by atoms with Gasteiger partial charge < -0.3 is 9.72 Å². The van der Waals surface area contributed by atoms with Crippen molar-refractivity contribution in [1.29, 1.82) is 0 Å². The van der Waals surface area contributed by atoms with Gasteiger partial charge in [-0.05, 0) is 23.1 Å². The standard InChI is InChI=1S/C19H21N3O/c1-19(2,15-8-4-3-5-9-15)12-18(23)21-14-17-20-13-16-10-6-7-11-22(16)17/h3-11,13H,12,14H2,1-2H3,(H,21,23). The topological polar surface area (TPSA) is 46.4 Å². The molecule has 1 aromatic carbocycles. The molecule has 0 aliphatic heterocycles. The van der Waals surface area contributed by atoms with Crippen LogP contribution in [0.15, 0.2) is 60.9 Å². The average Bonchev–Trinajstić information content (AvgIpc) is 2.97. The number of amides is 1. The minimum atomic E-state index is -0.194. The molecule has 0 spiro atoms. The fraction of sp³-hybridized carbons (Fsp3) is 0.263. The second kappa shape index (κ2) is 6.24. The summed E-state index contributed by atoms with van der Waals surface area (Å²) in [5.74, 6) is 0.873. The summed E-state index contributed by atoms with van der Waals surface area (Å²) in [7, 11) is 0. The van der Waals surface area contributed by atoms with Crippen LogP contribution in [0.4, 0.5) is 0 Å². The molecule has 3 aromatic rings. The molecule has 0 radical (unpaired) electrons. The Bertz CT molecular complexity index is 806. The predicted octanol–water partition coefficient (Wildman–Crippen LogP) is 3.32. The van der Waals surface area contributed by atoms with Crippen LogP contribution >= 0.6 is 0 Å². The van der Waals surface area contributed by atoms with E-state index in [-0.39, 0.29) is 11.3 Å². The quantitative estimate of drug-likeness (QED) is 0.786. The Morgan fingerprint density at radius 3 is 2.65 bits per heavy atom. The highest BCUT2D eigenvalue weighted by atomic mass is 16.1. The highest BCUT2D eigenvalue weighted by molar-refractivity contribution is 5.77. The van der Waals surface area contributed by atoms with Gasteiger partial charge in [-0.15, -0.1) is 0 Å². The second-order valence-corrected chi connectivity index (χ2v) is 6.37. The molecule has 23 heavy (non-hydrogen) atoms. The predicted molar refractivity (Wildman–Crippen MR) is 91.1 cm³/mol. The molecule has 1 N–H and O–H groups in total. The van der Waals surface area contributed by atoms with Crippen molar-refractivity contribution in [1.82, 2.24) is 14.7 Å². The van der Waals surface area contributed by atoms with E-state index in [9.17, 15) is 4.79 Å².